The summed E-state index contributed by atoms with van der Waals surface area (Å²) in [4.78, 5) is 22.4. The van der Waals surface area contributed by atoms with Crippen LogP contribution in [0, 0.1) is 15.5 Å². The summed E-state index contributed by atoms with van der Waals surface area (Å²) >= 11 is 0. The van der Waals surface area contributed by atoms with E-state index in [1.54, 1.807) is 5.43 Å². The van der Waals surface area contributed by atoms with Crippen LogP contribution in [0.2, 0.25) is 0 Å². The van der Waals surface area contributed by atoms with E-state index in [-0.39, 0.29) is 0 Å². The number of nitro groups is 1. The first kappa shape index (κ1) is 10.4. The first-order valence-electron chi connectivity index (χ1n) is 4.09. The molecule has 0 aromatic carbocycles. The molecule has 4 N–H and O–H groups in total. The van der Waals surface area contributed by atoms with E-state index in [9.17, 15) is 14.9 Å². The molecule has 1 heterocycles. The van der Waals surface area contributed by atoms with Gasteiger partial charge in [0, 0.05) is 6.54 Å². The molecule has 0 unspecified atom stereocenters. The second kappa shape index (κ2) is 4.01. The lowest BCUT2D eigenvalue weighted by Crippen LogP contribution is -2.55. The van der Waals surface area contributed by atoms with E-state index < -0.39 is 22.9 Å². The van der Waals surface area contributed by atoms with Crippen LogP contribution >= 0.6 is 0 Å². The predicted molar refractivity (Wildman–Crippen MR) is 46.8 cm³/mol. The lowest BCUT2D eigenvalue weighted by Gasteiger charge is -2.28. The number of rotatable bonds is 1. The van der Waals surface area contributed by atoms with Crippen molar-refractivity contribution in [2.24, 2.45) is 5.73 Å². The Balaban J connectivity index is 2.62. The van der Waals surface area contributed by atoms with Crippen LogP contribution in [-0.2, 0) is 4.79 Å². The summed E-state index contributed by atoms with van der Waals surface area (Å²) in [6.07, 6.45) is 1.20. The average Bonchev–Trinajstić information content (AvgIpc) is 2.08. The van der Waals surface area contributed by atoms with Crippen LogP contribution in [-0.4, -0.2) is 34.4 Å². The van der Waals surface area contributed by atoms with Crippen LogP contribution in [0.15, 0.2) is 0 Å². The highest BCUT2D eigenvalue weighted by molar-refractivity contribution is 5.98. The molecule has 8 nitrogen and oxygen atoms in total. The van der Waals surface area contributed by atoms with E-state index in [0.29, 0.717) is 19.4 Å². The lowest BCUT2D eigenvalue weighted by molar-refractivity contribution is -0.526. The topological polar surface area (TPSA) is 125 Å². The number of piperidine rings is 1. The maximum Gasteiger partial charge on any atom is 0.260 e. The van der Waals surface area contributed by atoms with E-state index in [4.69, 9.17) is 11.1 Å². The van der Waals surface area contributed by atoms with Crippen molar-refractivity contribution in [1.82, 2.24) is 10.3 Å². The average molecular weight is 201 g/mol. The van der Waals surface area contributed by atoms with E-state index in [1.807, 2.05) is 0 Å². The fourth-order valence-corrected chi connectivity index (χ4v) is 1.27. The largest absolute Gasteiger partial charge is 0.320 e. The van der Waals surface area contributed by atoms with Crippen molar-refractivity contribution >= 4 is 11.9 Å². The Bertz CT molecular complexity index is 279. The van der Waals surface area contributed by atoms with Crippen molar-refractivity contribution in [3.63, 3.8) is 0 Å². The quantitative estimate of drug-likeness (QED) is 0.209. The van der Waals surface area contributed by atoms with Crippen LogP contribution in [0.3, 0.4) is 0 Å². The molecule has 1 rings (SSSR count). The lowest BCUT2D eigenvalue weighted by atomic mass is 10.1. The highest BCUT2D eigenvalue weighted by Gasteiger charge is 2.29. The van der Waals surface area contributed by atoms with Gasteiger partial charge in [-0.1, -0.05) is 5.43 Å². The molecule has 0 spiro atoms. The standard InChI is InChI=1S/C6H11N5O3/c7-4-2-1-3-10(5(4)12)6(8)9-11(13)14/h4H,1-3,7H2,(H2,8,9)/t4-/m0/s1. The Morgan fingerprint density at radius 1 is 1.79 bits per heavy atom. The molecule has 0 saturated carbocycles. The van der Waals surface area contributed by atoms with Gasteiger partial charge in [0.15, 0.2) is 5.03 Å². The zero-order valence-electron chi connectivity index (χ0n) is 7.40. The van der Waals surface area contributed by atoms with Crippen molar-refractivity contribution < 1.29 is 9.83 Å². The minimum absolute atomic E-state index is 0.298. The molecule has 78 valence electrons. The van der Waals surface area contributed by atoms with Crippen LogP contribution in [0.1, 0.15) is 12.8 Å². The van der Waals surface area contributed by atoms with Gasteiger partial charge in [-0.2, -0.15) is 0 Å². The summed E-state index contributed by atoms with van der Waals surface area (Å²) in [5.74, 6) is -0.981. The van der Waals surface area contributed by atoms with Crippen molar-refractivity contribution in [3.05, 3.63) is 10.1 Å². The molecule has 0 radical (unpaired) electrons. The van der Waals surface area contributed by atoms with Crippen LogP contribution in [0.4, 0.5) is 0 Å². The van der Waals surface area contributed by atoms with E-state index >= 15 is 0 Å². The van der Waals surface area contributed by atoms with Crippen molar-refractivity contribution in [1.29, 1.82) is 5.41 Å². The first-order valence-corrected chi connectivity index (χ1v) is 4.09. The number of nitrogens with one attached hydrogen (secondary N) is 2. The normalized spacial score (nSPS) is 21.9. The Labute approximate surface area is 79.7 Å². The van der Waals surface area contributed by atoms with Gasteiger partial charge in [0.25, 0.3) is 5.96 Å². The maximum absolute atomic E-state index is 11.3. The van der Waals surface area contributed by atoms with Gasteiger partial charge in [-0.3, -0.25) is 15.1 Å². The van der Waals surface area contributed by atoms with Crippen molar-refractivity contribution in [3.8, 4) is 0 Å². The third kappa shape index (κ3) is 2.16. The summed E-state index contributed by atoms with van der Waals surface area (Å²) in [6.45, 7) is 0.298. The van der Waals surface area contributed by atoms with Gasteiger partial charge in [0.1, 0.15) is 0 Å². The van der Waals surface area contributed by atoms with Crippen molar-refractivity contribution in [2.75, 3.05) is 6.54 Å². The minimum Gasteiger partial charge on any atom is -0.320 e. The number of hydrogen-bond donors (Lipinski definition) is 3. The molecule has 0 aliphatic carbocycles. The van der Waals surface area contributed by atoms with Gasteiger partial charge < -0.3 is 5.73 Å². The summed E-state index contributed by atoms with van der Waals surface area (Å²) in [7, 11) is 0. The number of amides is 1. The molecule has 0 aromatic rings. The van der Waals surface area contributed by atoms with Gasteiger partial charge in [0.2, 0.25) is 5.91 Å². The fourth-order valence-electron chi connectivity index (χ4n) is 1.27. The van der Waals surface area contributed by atoms with Gasteiger partial charge in [-0.25, -0.2) is 10.1 Å². The second-order valence-electron chi connectivity index (χ2n) is 2.96. The molecule has 1 aliphatic heterocycles. The number of guanidine groups is 1. The van der Waals surface area contributed by atoms with Gasteiger partial charge in [-0.15, -0.1) is 0 Å². The molecule has 1 saturated heterocycles. The Hall–Kier alpha value is -1.70. The molecule has 1 fully saturated rings. The van der Waals surface area contributed by atoms with Gasteiger partial charge >= 0.3 is 0 Å². The number of nitrogens with zero attached hydrogens (tertiary/aromatic N) is 2. The number of nitrogens with two attached hydrogens (primary N) is 1. The number of carbonyl (C=O) groups excluding carboxylic acids is 1. The summed E-state index contributed by atoms with van der Waals surface area (Å²) in [5.41, 5.74) is 7.07. The van der Waals surface area contributed by atoms with Crippen LogP contribution < -0.4 is 11.2 Å². The molecule has 8 heteroatoms. The monoisotopic (exact) mass is 201 g/mol. The minimum atomic E-state index is -0.879. The third-order valence-corrected chi connectivity index (χ3v) is 1.95. The predicted octanol–water partition coefficient (Wildman–Crippen LogP) is -1.35. The Morgan fingerprint density at radius 3 is 3.00 bits per heavy atom. The number of hydrazine groups is 1. The maximum atomic E-state index is 11.3. The Kier molecular flexibility index (Phi) is 2.97. The molecular weight excluding hydrogens is 190 g/mol. The van der Waals surface area contributed by atoms with E-state index in [0.717, 1.165) is 4.90 Å². The van der Waals surface area contributed by atoms with E-state index in [1.165, 1.54) is 0 Å². The molecule has 1 aliphatic rings. The molecule has 1 amide bonds. The zero-order valence-corrected chi connectivity index (χ0v) is 7.40. The number of likely N-dealkylation sites (tertiary alicyclic amines) is 1. The first-order chi connectivity index (χ1) is 6.52. The number of hydrogen-bond acceptors (Lipinski definition) is 5. The SMILES string of the molecule is N=C(N[N+](=O)[O-])N1CCC[C@H](N)C1=O. The molecular formula is C6H11N5O3. The van der Waals surface area contributed by atoms with Crippen LogP contribution in [0.25, 0.3) is 0 Å². The smallest absolute Gasteiger partial charge is 0.260 e. The molecule has 0 bridgehead atoms. The van der Waals surface area contributed by atoms with Crippen LogP contribution in [0.5, 0.6) is 0 Å². The summed E-state index contributed by atoms with van der Waals surface area (Å²) in [5, 5.41) is 16.4. The molecule has 0 aromatic heterocycles. The Morgan fingerprint density at radius 2 is 2.43 bits per heavy atom. The second-order valence-corrected chi connectivity index (χ2v) is 2.96. The van der Waals surface area contributed by atoms with Gasteiger partial charge in [-0.05, 0) is 12.8 Å². The highest BCUT2D eigenvalue weighted by atomic mass is 16.7. The summed E-state index contributed by atoms with van der Waals surface area (Å²) in [6, 6.07) is -0.655. The summed E-state index contributed by atoms with van der Waals surface area (Å²) < 4.78 is 0. The zero-order chi connectivity index (χ0) is 10.7. The molecule has 1 atom stereocenters. The molecule has 14 heavy (non-hydrogen) atoms. The fraction of sp³-hybridized carbons (Fsp3) is 0.667. The van der Waals surface area contributed by atoms with E-state index in [2.05, 4.69) is 0 Å². The highest BCUT2D eigenvalue weighted by Crippen LogP contribution is 2.09. The third-order valence-electron chi connectivity index (χ3n) is 1.95. The number of carbonyl (C=O) groups is 1. The van der Waals surface area contributed by atoms with Crippen molar-refractivity contribution in [2.45, 2.75) is 18.9 Å². The van der Waals surface area contributed by atoms with Gasteiger partial charge in [0.05, 0.1) is 6.04 Å².